The highest BCUT2D eigenvalue weighted by Gasteiger charge is 2.37. The van der Waals surface area contributed by atoms with Gasteiger partial charge in [0.25, 0.3) is 0 Å². The summed E-state index contributed by atoms with van der Waals surface area (Å²) in [5.74, 6) is 0.895. The maximum absolute atomic E-state index is 12.5. The molecule has 3 nitrogen and oxygen atoms in total. The van der Waals surface area contributed by atoms with Crippen LogP contribution < -0.4 is 5.73 Å². The number of hydrogen-bond acceptors (Lipinski definition) is 2. The van der Waals surface area contributed by atoms with Crippen molar-refractivity contribution in [3.05, 3.63) is 35.9 Å². The normalized spacial score (nSPS) is 20.1. The fraction of sp³-hybridized carbons (Fsp3) is 0.562. The molecule has 1 amide bonds. The fourth-order valence-electron chi connectivity index (χ4n) is 2.55. The lowest BCUT2D eigenvalue weighted by Crippen LogP contribution is -2.46. The van der Waals surface area contributed by atoms with Crippen molar-refractivity contribution in [2.75, 3.05) is 6.54 Å². The minimum Gasteiger partial charge on any atom is -0.338 e. The average molecular weight is 258 g/mol. The van der Waals surface area contributed by atoms with Crippen molar-refractivity contribution < 1.29 is 4.79 Å². The molecule has 0 unspecified atom stereocenters. The van der Waals surface area contributed by atoms with Gasteiger partial charge in [-0.25, -0.2) is 0 Å². The van der Waals surface area contributed by atoms with Gasteiger partial charge in [-0.1, -0.05) is 30.3 Å². The van der Waals surface area contributed by atoms with Crippen LogP contribution in [0.1, 0.15) is 31.2 Å². The third-order valence-electron chi connectivity index (χ3n) is 4.04. The number of hydrogen-bond donors (Lipinski definition) is 1. The molecule has 2 N–H and O–H groups in total. The van der Waals surface area contributed by atoms with Crippen molar-refractivity contribution in [1.82, 2.24) is 4.90 Å². The van der Waals surface area contributed by atoms with E-state index in [1.54, 1.807) is 0 Å². The van der Waals surface area contributed by atoms with Gasteiger partial charge in [0.2, 0.25) is 5.91 Å². The van der Waals surface area contributed by atoms with Gasteiger partial charge in [0, 0.05) is 12.6 Å². The molecule has 2 aliphatic rings. The molecule has 0 saturated heterocycles. The Morgan fingerprint density at radius 3 is 2.47 bits per heavy atom. The summed E-state index contributed by atoms with van der Waals surface area (Å²) in [6, 6.07) is 10.1. The smallest absolute Gasteiger partial charge is 0.240 e. The van der Waals surface area contributed by atoms with Crippen LogP contribution in [0.15, 0.2) is 30.3 Å². The highest BCUT2D eigenvalue weighted by atomic mass is 16.2. The third-order valence-corrected chi connectivity index (χ3v) is 4.04. The molecule has 2 aliphatic carbocycles. The van der Waals surface area contributed by atoms with Crippen molar-refractivity contribution in [2.45, 2.75) is 44.2 Å². The molecular weight excluding hydrogens is 236 g/mol. The van der Waals surface area contributed by atoms with Gasteiger partial charge in [0.15, 0.2) is 0 Å². The van der Waals surface area contributed by atoms with Crippen LogP contribution in [-0.2, 0) is 11.2 Å². The summed E-state index contributed by atoms with van der Waals surface area (Å²) in [6.07, 6.45) is 5.54. The molecule has 0 spiro atoms. The molecule has 1 atom stereocenters. The molecule has 102 valence electrons. The first kappa shape index (κ1) is 12.7. The van der Waals surface area contributed by atoms with Gasteiger partial charge in [0.05, 0.1) is 6.04 Å². The predicted molar refractivity (Wildman–Crippen MR) is 75.6 cm³/mol. The summed E-state index contributed by atoms with van der Waals surface area (Å²) in [7, 11) is 0. The van der Waals surface area contributed by atoms with E-state index in [0.29, 0.717) is 12.5 Å². The standard InChI is InChI=1S/C16H22N2O/c17-15(10-12-4-2-1-3-5-12)16(19)18(14-8-9-14)11-13-6-7-13/h1-5,13-15H,6-11,17H2/t15-/m0/s1. The van der Waals surface area contributed by atoms with Crippen LogP contribution in [-0.4, -0.2) is 29.4 Å². The Hall–Kier alpha value is -1.35. The van der Waals surface area contributed by atoms with Crippen LogP contribution in [0.4, 0.5) is 0 Å². The lowest BCUT2D eigenvalue weighted by molar-refractivity contribution is -0.133. The number of nitrogens with two attached hydrogens (primary N) is 1. The molecule has 0 heterocycles. The van der Waals surface area contributed by atoms with Gasteiger partial charge in [-0.3, -0.25) is 4.79 Å². The Morgan fingerprint density at radius 1 is 1.21 bits per heavy atom. The lowest BCUT2D eigenvalue weighted by Gasteiger charge is -2.25. The Kier molecular flexibility index (Phi) is 3.56. The summed E-state index contributed by atoms with van der Waals surface area (Å²) < 4.78 is 0. The maximum atomic E-state index is 12.5. The van der Waals surface area contributed by atoms with E-state index in [1.807, 2.05) is 30.3 Å². The number of nitrogens with zero attached hydrogens (tertiary/aromatic N) is 1. The van der Waals surface area contributed by atoms with E-state index in [0.717, 1.165) is 30.9 Å². The van der Waals surface area contributed by atoms with Crippen LogP contribution >= 0.6 is 0 Å². The zero-order valence-electron chi connectivity index (χ0n) is 11.3. The quantitative estimate of drug-likeness (QED) is 0.848. The van der Waals surface area contributed by atoms with Gasteiger partial charge >= 0.3 is 0 Å². The van der Waals surface area contributed by atoms with Crippen LogP contribution in [0.2, 0.25) is 0 Å². The van der Waals surface area contributed by atoms with E-state index in [9.17, 15) is 4.79 Å². The SMILES string of the molecule is N[C@@H](Cc1ccccc1)C(=O)N(CC1CC1)C1CC1. The molecule has 0 bridgehead atoms. The van der Waals surface area contributed by atoms with Gasteiger partial charge in [-0.05, 0) is 43.6 Å². The Bertz CT molecular complexity index is 437. The maximum Gasteiger partial charge on any atom is 0.240 e. The molecule has 0 aliphatic heterocycles. The summed E-state index contributed by atoms with van der Waals surface area (Å²) >= 11 is 0. The van der Waals surface area contributed by atoms with Crippen LogP contribution in [0.5, 0.6) is 0 Å². The molecule has 2 saturated carbocycles. The molecule has 2 fully saturated rings. The minimum absolute atomic E-state index is 0.151. The van der Waals surface area contributed by atoms with Gasteiger partial charge in [-0.15, -0.1) is 0 Å². The van der Waals surface area contributed by atoms with E-state index < -0.39 is 0 Å². The number of carbonyl (C=O) groups excluding carboxylic acids is 1. The summed E-state index contributed by atoms with van der Waals surface area (Å²) in [5.41, 5.74) is 7.26. The van der Waals surface area contributed by atoms with E-state index in [2.05, 4.69) is 4.90 Å². The molecule has 1 aromatic carbocycles. The second kappa shape index (κ2) is 5.33. The molecule has 0 radical (unpaired) electrons. The summed E-state index contributed by atoms with van der Waals surface area (Å²) in [4.78, 5) is 14.6. The molecule has 1 aromatic rings. The second-order valence-corrected chi connectivity index (χ2v) is 5.96. The number of amides is 1. The van der Waals surface area contributed by atoms with E-state index in [4.69, 9.17) is 5.73 Å². The van der Waals surface area contributed by atoms with Gasteiger partial charge in [0.1, 0.15) is 0 Å². The zero-order chi connectivity index (χ0) is 13.2. The Labute approximate surface area is 114 Å². The van der Waals surface area contributed by atoms with Crippen molar-refractivity contribution >= 4 is 5.91 Å². The van der Waals surface area contributed by atoms with Crippen molar-refractivity contribution in [1.29, 1.82) is 0 Å². The lowest BCUT2D eigenvalue weighted by atomic mass is 10.1. The first-order chi connectivity index (χ1) is 9.24. The minimum atomic E-state index is -0.387. The second-order valence-electron chi connectivity index (χ2n) is 5.96. The first-order valence-electron chi connectivity index (χ1n) is 7.34. The number of rotatable bonds is 6. The predicted octanol–water partition coefficient (Wildman–Crippen LogP) is 1.96. The van der Waals surface area contributed by atoms with Crippen LogP contribution in [0.3, 0.4) is 0 Å². The molecule has 3 rings (SSSR count). The van der Waals surface area contributed by atoms with Crippen LogP contribution in [0.25, 0.3) is 0 Å². The molecule has 19 heavy (non-hydrogen) atoms. The topological polar surface area (TPSA) is 46.3 Å². The Balaban J connectivity index is 1.60. The Morgan fingerprint density at radius 2 is 1.89 bits per heavy atom. The van der Waals surface area contributed by atoms with Crippen LogP contribution in [0, 0.1) is 5.92 Å². The molecule has 0 aromatic heterocycles. The monoisotopic (exact) mass is 258 g/mol. The van der Waals surface area contributed by atoms with Gasteiger partial charge in [-0.2, -0.15) is 0 Å². The highest BCUT2D eigenvalue weighted by molar-refractivity contribution is 5.82. The van der Waals surface area contributed by atoms with E-state index in [1.165, 1.54) is 12.8 Å². The van der Waals surface area contributed by atoms with Crippen molar-refractivity contribution in [3.8, 4) is 0 Å². The number of carbonyl (C=O) groups is 1. The van der Waals surface area contributed by atoms with E-state index >= 15 is 0 Å². The third kappa shape index (κ3) is 3.35. The highest BCUT2D eigenvalue weighted by Crippen LogP contribution is 2.35. The van der Waals surface area contributed by atoms with Crippen molar-refractivity contribution in [3.63, 3.8) is 0 Å². The molecule has 3 heteroatoms. The first-order valence-corrected chi connectivity index (χ1v) is 7.34. The van der Waals surface area contributed by atoms with Gasteiger partial charge < -0.3 is 10.6 Å². The largest absolute Gasteiger partial charge is 0.338 e. The molecular formula is C16H22N2O. The summed E-state index contributed by atoms with van der Waals surface area (Å²) in [5, 5.41) is 0. The van der Waals surface area contributed by atoms with E-state index in [-0.39, 0.29) is 11.9 Å². The van der Waals surface area contributed by atoms with Crippen molar-refractivity contribution in [2.24, 2.45) is 11.7 Å². The summed E-state index contributed by atoms with van der Waals surface area (Å²) in [6.45, 7) is 0.936. The average Bonchev–Trinajstić information content (AvgIpc) is 3.28. The zero-order valence-corrected chi connectivity index (χ0v) is 11.3. The fourth-order valence-corrected chi connectivity index (χ4v) is 2.55. The number of benzene rings is 1.